The van der Waals surface area contributed by atoms with Gasteiger partial charge in [-0.1, -0.05) is 29.3 Å². The number of anilines is 1. The van der Waals surface area contributed by atoms with Gasteiger partial charge < -0.3 is 5.32 Å². The Labute approximate surface area is 186 Å². The van der Waals surface area contributed by atoms with E-state index >= 15 is 0 Å². The molecule has 1 aromatic heterocycles. The normalized spacial score (nSPS) is 10.4. The number of rotatable bonds is 6. The molecule has 0 aliphatic heterocycles. The molecule has 0 aliphatic carbocycles. The van der Waals surface area contributed by atoms with Crippen LogP contribution in [0.4, 0.5) is 5.69 Å². The Balaban J connectivity index is 1.66. The first-order valence-electron chi connectivity index (χ1n) is 8.20. The third-order valence-electron chi connectivity index (χ3n) is 3.28. The van der Waals surface area contributed by atoms with Crippen LogP contribution in [-0.4, -0.2) is 22.8 Å². The average molecular weight is 471 g/mol. The molecule has 29 heavy (non-hydrogen) atoms. The Morgan fingerprint density at radius 1 is 1.07 bits per heavy atom. The fourth-order valence-corrected chi connectivity index (χ4v) is 3.17. The molecule has 11 heteroatoms. The van der Waals surface area contributed by atoms with Crippen LogP contribution in [0.3, 0.4) is 0 Å². The predicted octanol–water partition coefficient (Wildman–Crippen LogP) is 3.51. The summed E-state index contributed by atoms with van der Waals surface area (Å²) in [5.41, 5.74) is 5.10. The molecule has 0 bridgehead atoms. The molecule has 4 N–H and O–H groups in total. The highest BCUT2D eigenvalue weighted by Crippen LogP contribution is 2.25. The second kappa shape index (κ2) is 11.5. The van der Waals surface area contributed by atoms with Gasteiger partial charge in [0.05, 0.1) is 10.7 Å². The lowest BCUT2D eigenvalue weighted by atomic mass is 10.2. The number of carbonyl (C=O) groups excluding carboxylic acids is 3. The predicted molar refractivity (Wildman–Crippen MR) is 120 cm³/mol. The molecule has 2 rings (SSSR count). The minimum atomic E-state index is -0.479. The molecule has 0 atom stereocenters. The number of thiophene rings is 1. The van der Waals surface area contributed by atoms with Gasteiger partial charge >= 0.3 is 0 Å². The van der Waals surface area contributed by atoms with E-state index in [0.29, 0.717) is 15.7 Å². The van der Waals surface area contributed by atoms with E-state index in [-0.39, 0.29) is 23.9 Å². The van der Waals surface area contributed by atoms with Gasteiger partial charge in [-0.2, -0.15) is 0 Å². The Morgan fingerprint density at radius 2 is 1.83 bits per heavy atom. The minimum absolute atomic E-state index is 0.0726. The van der Waals surface area contributed by atoms with Crippen molar-refractivity contribution >= 4 is 81.4 Å². The van der Waals surface area contributed by atoms with Gasteiger partial charge in [-0.15, -0.1) is 11.3 Å². The van der Waals surface area contributed by atoms with E-state index < -0.39 is 11.8 Å². The molecule has 0 unspecified atom stereocenters. The lowest BCUT2D eigenvalue weighted by Gasteiger charge is -2.10. The summed E-state index contributed by atoms with van der Waals surface area (Å²) in [6, 6.07) is 8.39. The molecule has 0 saturated carbocycles. The van der Waals surface area contributed by atoms with Crippen molar-refractivity contribution in [3.63, 3.8) is 0 Å². The summed E-state index contributed by atoms with van der Waals surface area (Å²) < 4.78 is 0. The maximum atomic E-state index is 11.9. The Bertz CT molecular complexity index is 933. The zero-order valence-electron chi connectivity index (χ0n) is 14.8. The fraction of sp³-hybridized carbons (Fsp3) is 0.111. The van der Waals surface area contributed by atoms with E-state index in [4.69, 9.17) is 35.4 Å². The van der Waals surface area contributed by atoms with Crippen molar-refractivity contribution in [1.29, 1.82) is 0 Å². The van der Waals surface area contributed by atoms with E-state index in [2.05, 4.69) is 21.5 Å². The third-order valence-corrected chi connectivity index (χ3v) is 4.87. The minimum Gasteiger partial charge on any atom is -0.325 e. The van der Waals surface area contributed by atoms with Gasteiger partial charge in [-0.3, -0.25) is 30.6 Å². The van der Waals surface area contributed by atoms with Crippen molar-refractivity contribution < 1.29 is 14.4 Å². The monoisotopic (exact) mass is 470 g/mol. The molecule has 2 aromatic rings. The molecule has 152 valence electrons. The zero-order chi connectivity index (χ0) is 21.2. The van der Waals surface area contributed by atoms with Crippen LogP contribution in [0, 0.1) is 0 Å². The van der Waals surface area contributed by atoms with Gasteiger partial charge in [0.2, 0.25) is 17.7 Å². The van der Waals surface area contributed by atoms with Crippen LogP contribution in [0.2, 0.25) is 10.0 Å². The summed E-state index contributed by atoms with van der Waals surface area (Å²) in [6.07, 6.45) is 2.80. The van der Waals surface area contributed by atoms with Crippen LogP contribution in [-0.2, 0) is 14.4 Å². The van der Waals surface area contributed by atoms with Crippen LogP contribution in [0.5, 0.6) is 0 Å². The molecule has 0 radical (unpaired) electrons. The second-order valence-electron chi connectivity index (χ2n) is 5.51. The number of hydrazine groups is 1. The molecule has 1 aromatic carbocycles. The van der Waals surface area contributed by atoms with E-state index in [0.717, 1.165) is 4.88 Å². The summed E-state index contributed by atoms with van der Waals surface area (Å²) in [5.74, 6) is -1.31. The number of thiocarbonyl (C=S) groups is 1. The SMILES string of the molecule is O=C(/C=C/c1cccs1)NC(=S)NNC(=O)CCC(=O)Nc1ccc(Cl)cc1Cl. The highest BCUT2D eigenvalue weighted by atomic mass is 35.5. The molecule has 0 spiro atoms. The molecular formula is C18H16Cl2N4O3S2. The number of halogens is 2. The van der Waals surface area contributed by atoms with Gasteiger partial charge in [0.15, 0.2) is 5.11 Å². The van der Waals surface area contributed by atoms with Crippen molar-refractivity contribution in [2.75, 3.05) is 5.32 Å². The van der Waals surface area contributed by atoms with Gasteiger partial charge in [0.25, 0.3) is 0 Å². The van der Waals surface area contributed by atoms with Gasteiger partial charge in [-0.05, 0) is 47.9 Å². The van der Waals surface area contributed by atoms with Crippen molar-refractivity contribution in [2.45, 2.75) is 12.8 Å². The highest BCUT2D eigenvalue weighted by molar-refractivity contribution is 7.80. The van der Waals surface area contributed by atoms with Crippen LogP contribution in [0.25, 0.3) is 6.08 Å². The van der Waals surface area contributed by atoms with Crippen LogP contribution >= 0.6 is 46.8 Å². The quantitative estimate of drug-likeness (QED) is 0.294. The van der Waals surface area contributed by atoms with Crippen molar-refractivity contribution in [1.82, 2.24) is 16.2 Å². The Kier molecular flexibility index (Phi) is 9.07. The first-order chi connectivity index (χ1) is 13.8. The van der Waals surface area contributed by atoms with Gasteiger partial charge in [-0.25, -0.2) is 0 Å². The largest absolute Gasteiger partial charge is 0.325 e. The third kappa shape index (κ3) is 8.61. The van der Waals surface area contributed by atoms with Crippen LogP contribution < -0.4 is 21.5 Å². The molecule has 7 nitrogen and oxygen atoms in total. The zero-order valence-corrected chi connectivity index (χ0v) is 18.0. The molecule has 0 saturated heterocycles. The maximum absolute atomic E-state index is 11.9. The number of hydrogen-bond donors (Lipinski definition) is 4. The fourth-order valence-electron chi connectivity index (χ4n) is 1.95. The molecule has 3 amide bonds. The summed E-state index contributed by atoms with van der Waals surface area (Å²) >= 11 is 18.2. The molecular weight excluding hydrogens is 455 g/mol. The summed E-state index contributed by atoms with van der Waals surface area (Å²) in [4.78, 5) is 36.4. The van der Waals surface area contributed by atoms with E-state index in [1.807, 2.05) is 17.5 Å². The summed E-state index contributed by atoms with van der Waals surface area (Å²) in [5, 5.41) is 7.54. The average Bonchev–Trinajstić information content (AvgIpc) is 3.19. The smallest absolute Gasteiger partial charge is 0.250 e. The second-order valence-corrected chi connectivity index (χ2v) is 7.74. The van der Waals surface area contributed by atoms with Gasteiger partial charge in [0.1, 0.15) is 0 Å². The van der Waals surface area contributed by atoms with Crippen molar-refractivity contribution in [3.8, 4) is 0 Å². The lowest BCUT2D eigenvalue weighted by molar-refractivity contribution is -0.124. The van der Waals surface area contributed by atoms with E-state index in [9.17, 15) is 14.4 Å². The summed E-state index contributed by atoms with van der Waals surface area (Å²) in [7, 11) is 0. The van der Waals surface area contributed by atoms with Crippen LogP contribution in [0.1, 0.15) is 17.7 Å². The molecule has 0 fully saturated rings. The maximum Gasteiger partial charge on any atom is 0.250 e. The number of benzene rings is 1. The Morgan fingerprint density at radius 3 is 2.52 bits per heavy atom. The first kappa shape index (κ1) is 22.8. The van der Waals surface area contributed by atoms with Crippen molar-refractivity contribution in [2.24, 2.45) is 0 Å². The van der Waals surface area contributed by atoms with Crippen LogP contribution in [0.15, 0.2) is 41.8 Å². The van der Waals surface area contributed by atoms with E-state index in [1.165, 1.54) is 23.5 Å². The Hall–Kier alpha value is -2.46. The molecule has 0 aliphatic rings. The number of hydrogen-bond acceptors (Lipinski definition) is 5. The lowest BCUT2D eigenvalue weighted by Crippen LogP contribution is -2.48. The molecule has 1 heterocycles. The van der Waals surface area contributed by atoms with E-state index in [1.54, 1.807) is 18.2 Å². The standard InChI is InChI=1S/C18H16Cl2N4O3S2/c19-11-3-5-14(13(20)10-11)21-15(25)7-8-17(27)23-24-18(28)22-16(26)6-4-12-2-1-9-29-12/h1-6,9-10H,7-8H2,(H,21,25)(H,23,27)(H2,22,24,26,28)/b6-4+. The topological polar surface area (TPSA) is 99.3 Å². The van der Waals surface area contributed by atoms with Crippen molar-refractivity contribution in [3.05, 3.63) is 56.7 Å². The highest BCUT2D eigenvalue weighted by Gasteiger charge is 2.10. The first-order valence-corrected chi connectivity index (χ1v) is 10.2. The van der Waals surface area contributed by atoms with Gasteiger partial charge in [0, 0.05) is 28.8 Å². The number of amides is 3. The number of nitrogens with one attached hydrogen (secondary N) is 4. The summed E-state index contributed by atoms with van der Waals surface area (Å²) in [6.45, 7) is 0. The number of carbonyl (C=O) groups is 3.